The summed E-state index contributed by atoms with van der Waals surface area (Å²) in [7, 11) is -4.24. The quantitative estimate of drug-likeness (QED) is 0.0147. The minimum atomic E-state index is -4.24. The number of thiazole rings is 1. The number of aromatic hydroxyl groups is 2. The first-order valence-corrected chi connectivity index (χ1v) is 19.1. The molecule has 0 bridgehead atoms. The van der Waals surface area contributed by atoms with Gasteiger partial charge in [0.1, 0.15) is 22.1 Å². The van der Waals surface area contributed by atoms with Crippen molar-refractivity contribution < 1.29 is 57.7 Å². The van der Waals surface area contributed by atoms with Gasteiger partial charge < -0.3 is 35.9 Å². The minimum absolute atomic E-state index is 0.0370. The third kappa shape index (κ3) is 7.61. The van der Waals surface area contributed by atoms with E-state index < -0.39 is 73.2 Å². The number of amides is 3. The van der Waals surface area contributed by atoms with E-state index in [1.165, 1.54) is 27.1 Å². The molecule has 53 heavy (non-hydrogen) atoms. The molecule has 0 saturated carbocycles. The highest BCUT2D eigenvalue weighted by Crippen LogP contribution is 2.42. The number of thioether (sulfide) groups is 2. The van der Waals surface area contributed by atoms with Gasteiger partial charge in [0.25, 0.3) is 17.6 Å². The Kier molecular flexibility index (Phi) is 10.3. The molecule has 6 rings (SSSR count). The highest BCUT2D eigenvalue weighted by molar-refractivity contribution is 8.01. The van der Waals surface area contributed by atoms with Crippen molar-refractivity contribution in [2.75, 3.05) is 23.2 Å². The summed E-state index contributed by atoms with van der Waals surface area (Å²) < 4.78 is 31.8. The largest absolute Gasteiger partial charge is 0.512 e. The lowest BCUT2D eigenvalue weighted by molar-refractivity contribution is -0.148. The Morgan fingerprint density at radius 2 is 1.94 bits per heavy atom. The zero-order valence-electron chi connectivity index (χ0n) is 26.6. The molecule has 8 N–H and O–H groups in total. The molecule has 2 aliphatic rings. The van der Waals surface area contributed by atoms with Crippen LogP contribution in [0.2, 0.25) is 0 Å². The number of fused-ring (bicyclic) bond motifs is 2. The number of oxime groups is 1. The van der Waals surface area contributed by atoms with Crippen molar-refractivity contribution in [2.45, 2.75) is 28.3 Å². The Bertz CT molecular complexity index is 2340. The van der Waals surface area contributed by atoms with E-state index in [1.54, 1.807) is 13.0 Å². The van der Waals surface area contributed by atoms with Crippen LogP contribution in [0.3, 0.4) is 0 Å². The Morgan fingerprint density at radius 3 is 2.62 bits per heavy atom. The number of nitrogen functional groups attached to an aromatic ring is 1. The van der Waals surface area contributed by atoms with Crippen LogP contribution in [0.5, 0.6) is 11.5 Å². The van der Waals surface area contributed by atoms with Gasteiger partial charge in [-0.15, -0.1) is 40.0 Å². The van der Waals surface area contributed by atoms with Crippen LogP contribution in [0.1, 0.15) is 22.0 Å². The van der Waals surface area contributed by atoms with Gasteiger partial charge in [-0.05, 0) is 25.1 Å². The molecule has 26 heteroatoms. The van der Waals surface area contributed by atoms with Crippen molar-refractivity contribution in [3.8, 4) is 11.5 Å². The van der Waals surface area contributed by atoms with Crippen molar-refractivity contribution in [3.63, 3.8) is 0 Å². The van der Waals surface area contributed by atoms with Gasteiger partial charge in [-0.3, -0.25) is 24.5 Å². The number of phenolic OH excluding ortho intramolecular Hbond substituents is 2. The maximum absolute atomic E-state index is 13.5. The molecule has 1 aromatic carbocycles. The molecular weight excluding hydrogens is 785 g/mol. The Morgan fingerprint density at radius 1 is 1.17 bits per heavy atom. The average Bonchev–Trinajstić information content (AvgIpc) is 3.74. The highest BCUT2D eigenvalue weighted by atomic mass is 32.2. The number of rotatable bonds is 12. The first-order chi connectivity index (χ1) is 25.2. The normalized spacial score (nSPS) is 17.3. The zero-order valence-corrected chi connectivity index (χ0v) is 29.8. The second kappa shape index (κ2) is 14.7. The van der Waals surface area contributed by atoms with E-state index in [0.717, 1.165) is 46.2 Å². The average molecular weight is 809 g/mol. The first kappa shape index (κ1) is 37.1. The highest BCUT2D eigenvalue weighted by Gasteiger charge is 2.54. The van der Waals surface area contributed by atoms with Crippen LogP contribution in [0.15, 0.2) is 56.2 Å². The van der Waals surface area contributed by atoms with Crippen molar-refractivity contribution in [2.24, 2.45) is 5.16 Å². The summed E-state index contributed by atoms with van der Waals surface area (Å²) in [6, 6.07) is 3.21. The first-order valence-electron chi connectivity index (χ1n) is 14.5. The van der Waals surface area contributed by atoms with Crippen LogP contribution >= 0.6 is 34.9 Å². The van der Waals surface area contributed by atoms with Crippen LogP contribution in [0.4, 0.5) is 9.93 Å². The third-order valence-corrected chi connectivity index (χ3v) is 11.7. The maximum atomic E-state index is 13.5. The van der Waals surface area contributed by atoms with E-state index in [0.29, 0.717) is 16.3 Å². The molecule has 4 aromatic rings. The fourth-order valence-electron chi connectivity index (χ4n) is 4.81. The number of carbonyl (C=O) groups excluding carboxylic acids is 3. The van der Waals surface area contributed by atoms with E-state index in [4.69, 9.17) is 20.5 Å². The van der Waals surface area contributed by atoms with Crippen LogP contribution in [0.25, 0.3) is 5.78 Å². The number of aromatic nitrogens is 5. The summed E-state index contributed by atoms with van der Waals surface area (Å²) in [4.78, 5) is 68.3. The number of anilines is 1. The van der Waals surface area contributed by atoms with Crippen LogP contribution in [0, 0.1) is 6.92 Å². The van der Waals surface area contributed by atoms with Crippen LogP contribution < -0.4 is 16.5 Å². The molecule has 0 radical (unpaired) electrons. The molecule has 0 spiro atoms. The van der Waals surface area contributed by atoms with Gasteiger partial charge in [-0.25, -0.2) is 28.7 Å². The topological polar surface area (TPSA) is 323 Å². The number of nitrogens with one attached hydrogen (secondary N) is 2. The van der Waals surface area contributed by atoms with Gasteiger partial charge in [-0.2, -0.15) is 9.50 Å². The summed E-state index contributed by atoms with van der Waals surface area (Å²) in [5.41, 5.74) is 7.44. The van der Waals surface area contributed by atoms with E-state index >= 15 is 0 Å². The molecule has 2 atom stereocenters. The number of ether oxygens (including phenoxy) is 1. The summed E-state index contributed by atoms with van der Waals surface area (Å²) in [6.45, 7) is 1.68. The number of carboxylic acid groups (broad SMARTS) is 1. The van der Waals surface area contributed by atoms with E-state index in [2.05, 4.69) is 30.5 Å². The van der Waals surface area contributed by atoms with Gasteiger partial charge in [0.15, 0.2) is 22.3 Å². The number of hydrogen-bond donors (Lipinski definition) is 7. The second-order valence-electron chi connectivity index (χ2n) is 10.8. The second-order valence-corrected chi connectivity index (χ2v) is 15.7. The van der Waals surface area contributed by atoms with Crippen LogP contribution in [-0.2, 0) is 29.0 Å². The van der Waals surface area contributed by atoms with Gasteiger partial charge in [0.05, 0.1) is 4.90 Å². The smallest absolute Gasteiger partial charge is 0.504 e. The fourth-order valence-corrected chi connectivity index (χ4v) is 8.75. The molecule has 22 nitrogen and oxygen atoms in total. The minimum Gasteiger partial charge on any atom is -0.504 e. The molecule has 3 aromatic heterocycles. The molecule has 278 valence electrons. The van der Waals surface area contributed by atoms with Gasteiger partial charge >= 0.3 is 12.1 Å². The number of β-lactam (4-membered cyclic amide) rings is 1. The Hall–Kier alpha value is -5.70. The van der Waals surface area contributed by atoms with E-state index in [9.17, 15) is 42.9 Å². The number of hydroxylamine groups is 1. The van der Waals surface area contributed by atoms with E-state index in [-0.39, 0.29) is 39.8 Å². The lowest BCUT2D eigenvalue weighted by atomic mass is 10.1. The Balaban J connectivity index is 1.19. The number of hydrogen-bond acceptors (Lipinski definition) is 20. The van der Waals surface area contributed by atoms with Crippen molar-refractivity contribution in [1.29, 1.82) is 0 Å². The molecule has 0 aliphatic carbocycles. The molecule has 1 saturated heterocycles. The molecular formula is C27H24N10O12S4. The number of benzene rings is 1. The predicted molar refractivity (Wildman–Crippen MR) is 183 cm³/mol. The molecule has 5 heterocycles. The zero-order chi connectivity index (χ0) is 38.2. The summed E-state index contributed by atoms with van der Waals surface area (Å²) in [5, 5.41) is 48.8. The van der Waals surface area contributed by atoms with Crippen LogP contribution in [-0.4, -0.2) is 117 Å². The third-order valence-electron chi connectivity index (χ3n) is 7.22. The molecule has 0 unspecified atom stereocenters. The number of nitrogens with two attached hydrogens (primary N) is 1. The van der Waals surface area contributed by atoms with Gasteiger partial charge in [0, 0.05) is 34.2 Å². The number of sulfone groups is 1. The number of phenols is 2. The molecule has 1 fully saturated rings. The lowest BCUT2D eigenvalue weighted by Gasteiger charge is -2.49. The monoisotopic (exact) mass is 808 g/mol. The van der Waals surface area contributed by atoms with Gasteiger partial charge in [0.2, 0.25) is 27.5 Å². The predicted octanol–water partition coefficient (Wildman–Crippen LogP) is 0.252. The number of carbonyl (C=O) groups is 4. The molecule has 3 amide bonds. The van der Waals surface area contributed by atoms with Crippen molar-refractivity contribution in [3.05, 3.63) is 58.3 Å². The lowest BCUT2D eigenvalue weighted by Crippen LogP contribution is -2.70. The number of nitrogens with zero attached hydrogens (tertiary/aromatic N) is 7. The SMILES string of the molecule is Cc1cc(SCC2=C(OC(=O)O)N3C(=O)[C@@H](NC(=O)/C(=N\OCS(=O)(=O)c4ccc(O)c(O)c4)c4csc(N)n4)[C@H]3SC2)n2nc(C(=O)NO)nc2n1. The van der Waals surface area contributed by atoms with Gasteiger partial charge in [-0.1, -0.05) is 5.16 Å². The Labute approximate surface area is 308 Å². The maximum Gasteiger partial charge on any atom is 0.512 e. The summed E-state index contributed by atoms with van der Waals surface area (Å²) in [5.74, 6) is -5.35. The summed E-state index contributed by atoms with van der Waals surface area (Å²) >= 11 is 3.28. The molecule has 2 aliphatic heterocycles. The standard InChI is InChI=1S/C27H24N10O12S4/c1-10-4-16(37-26(29-10)32-19(33-37)21(41)34-45)50-6-11-7-51-24-18(22(42)36(24)23(11)49-27(43)44)31-20(40)17(13-8-52-25(28)30-13)35-48-9-53(46,47)12-2-3-14(38)15(39)5-12/h2-5,8,18,24,38-39,45H,6-7,9H2,1H3,(H2,28,30)(H,31,40)(H,34,41)(H,43,44)/b35-17-/t18-,24-/m1/s1. The van der Waals surface area contributed by atoms with Crippen molar-refractivity contribution >= 4 is 85.2 Å². The van der Waals surface area contributed by atoms with Crippen molar-refractivity contribution in [1.82, 2.24) is 40.3 Å². The fraction of sp³-hybridized carbons (Fsp3) is 0.222. The number of aryl methyl sites for hydroxylation is 1. The summed E-state index contributed by atoms with van der Waals surface area (Å²) in [6.07, 6.45) is -1.70. The van der Waals surface area contributed by atoms with E-state index in [1.807, 2.05) is 0 Å².